The molecule has 0 saturated carbocycles. The second-order valence-electron chi connectivity index (χ2n) is 5.42. The highest BCUT2D eigenvalue weighted by molar-refractivity contribution is 5.56. The molecule has 1 rings (SSSR count). The van der Waals surface area contributed by atoms with Gasteiger partial charge in [-0.3, -0.25) is 10.1 Å². The van der Waals surface area contributed by atoms with Gasteiger partial charge in [-0.2, -0.15) is 0 Å². The van der Waals surface area contributed by atoms with Crippen molar-refractivity contribution >= 4 is 11.5 Å². The summed E-state index contributed by atoms with van der Waals surface area (Å²) in [5, 5.41) is 22.8. The summed E-state index contributed by atoms with van der Waals surface area (Å²) in [5.41, 5.74) is 0.673. The summed E-state index contributed by atoms with van der Waals surface area (Å²) in [4.78, 5) is 14.7. The molecule has 0 spiro atoms. The van der Waals surface area contributed by atoms with Crippen LogP contribution in [0.5, 0.6) is 0 Å². The van der Waals surface area contributed by atoms with Gasteiger partial charge in [-0.05, 0) is 31.2 Å². The Hall–Kier alpha value is -1.69. The number of pyridine rings is 1. The van der Waals surface area contributed by atoms with Gasteiger partial charge in [0, 0.05) is 24.9 Å². The summed E-state index contributed by atoms with van der Waals surface area (Å²) in [6.07, 6.45) is 1.56. The van der Waals surface area contributed by atoms with Crippen LogP contribution in [-0.4, -0.2) is 28.2 Å². The summed E-state index contributed by atoms with van der Waals surface area (Å²) >= 11 is 0. The van der Waals surface area contributed by atoms with E-state index in [2.05, 4.69) is 24.1 Å². The Labute approximate surface area is 113 Å². The Morgan fingerprint density at radius 1 is 1.47 bits per heavy atom. The van der Waals surface area contributed by atoms with Crippen molar-refractivity contribution in [2.75, 3.05) is 18.5 Å². The smallest absolute Gasteiger partial charge is 0.311 e. The molecule has 0 aliphatic carbocycles. The highest BCUT2D eigenvalue weighted by Gasteiger charge is 2.20. The third-order valence-corrected chi connectivity index (χ3v) is 2.96. The lowest BCUT2D eigenvalue weighted by atomic mass is 9.88. The summed E-state index contributed by atoms with van der Waals surface area (Å²) < 4.78 is 0. The van der Waals surface area contributed by atoms with Crippen molar-refractivity contribution in [3.63, 3.8) is 0 Å². The highest BCUT2D eigenvalue weighted by Crippen LogP contribution is 2.26. The van der Waals surface area contributed by atoms with Crippen molar-refractivity contribution in [2.45, 2.75) is 33.6 Å². The number of nitrogens with zero attached hydrogens (tertiary/aromatic N) is 2. The van der Waals surface area contributed by atoms with Crippen LogP contribution in [0, 0.1) is 22.5 Å². The van der Waals surface area contributed by atoms with E-state index < -0.39 is 4.92 Å². The molecule has 0 saturated heterocycles. The van der Waals surface area contributed by atoms with Gasteiger partial charge in [0.05, 0.1) is 4.92 Å². The SMILES string of the molecule is Cc1ccc([N+](=O)[O-])c(NCC(C)(C)CCCO)n1. The van der Waals surface area contributed by atoms with Gasteiger partial charge < -0.3 is 10.4 Å². The van der Waals surface area contributed by atoms with Crippen LogP contribution in [0.3, 0.4) is 0 Å². The molecule has 0 aliphatic rings. The second kappa shape index (κ2) is 6.47. The summed E-state index contributed by atoms with van der Waals surface area (Å²) in [5.74, 6) is 0.307. The van der Waals surface area contributed by atoms with Gasteiger partial charge in [0.2, 0.25) is 5.82 Å². The molecule has 0 aromatic carbocycles. The fraction of sp³-hybridized carbons (Fsp3) is 0.615. The maximum atomic E-state index is 10.9. The van der Waals surface area contributed by atoms with Crippen molar-refractivity contribution < 1.29 is 10.0 Å². The molecule has 1 aromatic rings. The van der Waals surface area contributed by atoms with E-state index in [0.717, 1.165) is 18.5 Å². The average Bonchev–Trinajstić information content (AvgIpc) is 2.34. The number of anilines is 1. The van der Waals surface area contributed by atoms with E-state index in [1.807, 2.05) is 0 Å². The maximum absolute atomic E-state index is 10.9. The second-order valence-corrected chi connectivity index (χ2v) is 5.42. The number of hydrogen-bond donors (Lipinski definition) is 2. The number of nitrogens with one attached hydrogen (secondary N) is 1. The van der Waals surface area contributed by atoms with Crippen molar-refractivity contribution in [3.8, 4) is 0 Å². The van der Waals surface area contributed by atoms with Gasteiger partial charge in [0.25, 0.3) is 0 Å². The first-order valence-electron chi connectivity index (χ1n) is 6.32. The first-order valence-corrected chi connectivity index (χ1v) is 6.32. The van der Waals surface area contributed by atoms with Crippen molar-refractivity contribution in [3.05, 3.63) is 27.9 Å². The highest BCUT2D eigenvalue weighted by atomic mass is 16.6. The van der Waals surface area contributed by atoms with Crippen molar-refractivity contribution in [1.82, 2.24) is 4.98 Å². The molecule has 0 unspecified atom stereocenters. The Bertz CT molecular complexity index is 447. The van der Waals surface area contributed by atoms with Crippen LogP contribution in [-0.2, 0) is 0 Å². The maximum Gasteiger partial charge on any atom is 0.311 e. The van der Waals surface area contributed by atoms with E-state index in [9.17, 15) is 10.1 Å². The molecule has 0 amide bonds. The Balaban J connectivity index is 2.76. The molecule has 1 heterocycles. The number of aliphatic hydroxyl groups is 1. The molecule has 19 heavy (non-hydrogen) atoms. The van der Waals surface area contributed by atoms with E-state index >= 15 is 0 Å². The van der Waals surface area contributed by atoms with Crippen LogP contribution in [0.25, 0.3) is 0 Å². The summed E-state index contributed by atoms with van der Waals surface area (Å²) in [6.45, 7) is 6.64. The van der Waals surface area contributed by atoms with Crippen molar-refractivity contribution in [2.24, 2.45) is 5.41 Å². The topological polar surface area (TPSA) is 88.3 Å². The van der Waals surface area contributed by atoms with Gasteiger partial charge in [-0.1, -0.05) is 13.8 Å². The predicted molar refractivity (Wildman–Crippen MR) is 74.2 cm³/mol. The molecule has 6 heteroatoms. The zero-order valence-corrected chi connectivity index (χ0v) is 11.6. The predicted octanol–water partition coefficient (Wildman–Crippen LogP) is 2.51. The van der Waals surface area contributed by atoms with Gasteiger partial charge in [-0.15, -0.1) is 0 Å². The minimum atomic E-state index is -0.435. The summed E-state index contributed by atoms with van der Waals surface area (Å²) in [7, 11) is 0. The van der Waals surface area contributed by atoms with Crippen molar-refractivity contribution in [1.29, 1.82) is 0 Å². The molecule has 0 fully saturated rings. The third kappa shape index (κ3) is 4.82. The Morgan fingerprint density at radius 2 is 2.16 bits per heavy atom. The molecule has 2 N–H and O–H groups in total. The van der Waals surface area contributed by atoms with Crippen LogP contribution in [0.4, 0.5) is 11.5 Å². The van der Waals surface area contributed by atoms with E-state index in [4.69, 9.17) is 5.11 Å². The lowest BCUT2D eigenvalue weighted by Gasteiger charge is -2.24. The molecule has 1 aromatic heterocycles. The Kier molecular flexibility index (Phi) is 5.23. The monoisotopic (exact) mass is 267 g/mol. The Morgan fingerprint density at radius 3 is 2.74 bits per heavy atom. The van der Waals surface area contributed by atoms with Crippen LogP contribution in [0.1, 0.15) is 32.4 Å². The molecular formula is C13H21N3O3. The molecular weight excluding hydrogens is 246 g/mol. The van der Waals surface area contributed by atoms with Gasteiger partial charge in [-0.25, -0.2) is 4.98 Å². The first-order chi connectivity index (χ1) is 8.85. The molecule has 0 atom stereocenters. The minimum Gasteiger partial charge on any atom is -0.396 e. The van der Waals surface area contributed by atoms with Crippen LogP contribution < -0.4 is 5.32 Å². The minimum absolute atomic E-state index is 0.0106. The first kappa shape index (κ1) is 15.4. The lowest BCUT2D eigenvalue weighted by molar-refractivity contribution is -0.384. The number of hydrogen-bond acceptors (Lipinski definition) is 5. The van der Waals surface area contributed by atoms with Crippen LogP contribution in [0.2, 0.25) is 0 Å². The van der Waals surface area contributed by atoms with Crippen LogP contribution >= 0.6 is 0 Å². The van der Waals surface area contributed by atoms with Gasteiger partial charge in [0.15, 0.2) is 0 Å². The number of aryl methyl sites for hydroxylation is 1. The van der Waals surface area contributed by atoms with E-state index in [1.165, 1.54) is 6.07 Å². The molecule has 0 aliphatic heterocycles. The normalized spacial score (nSPS) is 11.4. The average molecular weight is 267 g/mol. The fourth-order valence-corrected chi connectivity index (χ4v) is 1.80. The molecule has 106 valence electrons. The van der Waals surface area contributed by atoms with E-state index in [0.29, 0.717) is 12.4 Å². The largest absolute Gasteiger partial charge is 0.396 e. The number of rotatable bonds is 7. The number of aliphatic hydroxyl groups excluding tert-OH is 1. The zero-order valence-electron chi connectivity index (χ0n) is 11.6. The fourth-order valence-electron chi connectivity index (χ4n) is 1.80. The van der Waals surface area contributed by atoms with Crippen LogP contribution in [0.15, 0.2) is 12.1 Å². The quantitative estimate of drug-likeness (QED) is 0.585. The molecule has 6 nitrogen and oxygen atoms in total. The van der Waals surface area contributed by atoms with E-state index in [-0.39, 0.29) is 17.7 Å². The molecule has 0 radical (unpaired) electrons. The zero-order chi connectivity index (χ0) is 14.5. The summed E-state index contributed by atoms with van der Waals surface area (Å²) in [6, 6.07) is 3.09. The van der Waals surface area contributed by atoms with Gasteiger partial charge in [0.1, 0.15) is 0 Å². The van der Waals surface area contributed by atoms with E-state index in [1.54, 1.807) is 13.0 Å². The number of aromatic nitrogens is 1. The number of nitro groups is 1. The molecule has 0 bridgehead atoms. The third-order valence-electron chi connectivity index (χ3n) is 2.96. The lowest BCUT2D eigenvalue weighted by Crippen LogP contribution is -2.24. The van der Waals surface area contributed by atoms with Gasteiger partial charge >= 0.3 is 5.69 Å². The standard InChI is InChI=1S/C13H21N3O3/c1-10-5-6-11(16(18)19)12(15-10)14-9-13(2,3)7-4-8-17/h5-6,17H,4,7-9H2,1-3H3,(H,14,15).